The zero-order valence-electron chi connectivity index (χ0n) is 17.7. The summed E-state index contributed by atoms with van der Waals surface area (Å²) >= 11 is 0. The van der Waals surface area contributed by atoms with Gasteiger partial charge in [0.2, 0.25) is 0 Å². The second kappa shape index (κ2) is 13.8. The van der Waals surface area contributed by atoms with E-state index in [9.17, 15) is 9.59 Å². The van der Waals surface area contributed by atoms with E-state index in [1.165, 1.54) is 0 Å². The molecule has 114 valence electrons. The van der Waals surface area contributed by atoms with E-state index in [1.54, 1.807) is 0 Å². The molecule has 20 heavy (non-hydrogen) atoms. The monoisotopic (exact) mass is 288 g/mol. The Bertz CT molecular complexity index is 465. The maximum Gasteiger partial charge on any atom is 0.330 e. The lowest BCUT2D eigenvalue weighted by Gasteiger charge is -2.03. The largest absolute Gasteiger partial charge is 0.463 e. The zero-order chi connectivity index (χ0) is 19.9. The molecule has 0 bridgehead atoms. The summed E-state index contributed by atoms with van der Waals surface area (Å²) in [5.41, 5.74) is 0. The van der Waals surface area contributed by atoms with Gasteiger partial charge in [0.05, 0.1) is 21.4 Å². The molecule has 0 saturated carbocycles. The van der Waals surface area contributed by atoms with Gasteiger partial charge in [-0.25, -0.2) is 9.59 Å². The standard InChI is InChI=1S/C16H26O4/c1-3-15(17)19-13-11-9-7-5-6-8-10-12-14-20-16(18)4-2/h3-4H,1-2,5-14H2/i1D2,2D2,3D,4D. The van der Waals surface area contributed by atoms with Gasteiger partial charge >= 0.3 is 11.9 Å². The highest BCUT2D eigenvalue weighted by molar-refractivity contribution is 5.81. The van der Waals surface area contributed by atoms with E-state index in [1.807, 2.05) is 0 Å². The summed E-state index contributed by atoms with van der Waals surface area (Å²) < 4.78 is 51.1. The average Bonchev–Trinajstić information content (AvgIpc) is 2.60. The van der Waals surface area contributed by atoms with Gasteiger partial charge in [0.1, 0.15) is 0 Å². The van der Waals surface area contributed by atoms with Crippen molar-refractivity contribution >= 4 is 11.9 Å². The molecule has 0 unspecified atom stereocenters. The fourth-order valence-corrected chi connectivity index (χ4v) is 1.67. The first-order valence-electron chi connectivity index (χ1n) is 9.89. The van der Waals surface area contributed by atoms with Crippen molar-refractivity contribution in [2.45, 2.75) is 51.4 Å². The van der Waals surface area contributed by atoms with Gasteiger partial charge in [-0.05, 0) is 12.8 Å². The van der Waals surface area contributed by atoms with E-state index >= 15 is 0 Å². The van der Waals surface area contributed by atoms with Crippen molar-refractivity contribution in [2.24, 2.45) is 0 Å². The molecule has 0 heterocycles. The van der Waals surface area contributed by atoms with E-state index in [2.05, 4.69) is 0 Å². The molecule has 4 nitrogen and oxygen atoms in total. The smallest absolute Gasteiger partial charge is 0.330 e. The van der Waals surface area contributed by atoms with Crippen LogP contribution in [0.5, 0.6) is 0 Å². The number of unbranched alkanes of at least 4 members (excludes halogenated alkanes) is 7. The van der Waals surface area contributed by atoms with Crippen LogP contribution in [0.2, 0.25) is 0 Å². The van der Waals surface area contributed by atoms with Crippen molar-refractivity contribution in [3.63, 3.8) is 0 Å². The van der Waals surface area contributed by atoms with E-state index in [-0.39, 0.29) is 13.2 Å². The minimum Gasteiger partial charge on any atom is -0.463 e. The fourth-order valence-electron chi connectivity index (χ4n) is 1.67. The highest BCUT2D eigenvalue weighted by atomic mass is 16.5. The zero-order valence-corrected chi connectivity index (χ0v) is 11.7. The van der Waals surface area contributed by atoms with Crippen LogP contribution in [0.1, 0.15) is 59.6 Å². The molecule has 0 amide bonds. The maximum atomic E-state index is 11.2. The molecule has 0 aliphatic heterocycles. The Labute approximate surface area is 130 Å². The van der Waals surface area contributed by atoms with E-state index in [0.29, 0.717) is 12.8 Å². The summed E-state index contributed by atoms with van der Waals surface area (Å²) in [6, 6.07) is -1.46. The molecular formula is C16H26O4. The molecule has 0 aromatic heterocycles. The van der Waals surface area contributed by atoms with Crippen LogP contribution in [0.3, 0.4) is 0 Å². The molecule has 0 rings (SSSR count). The first-order chi connectivity index (χ1) is 12.3. The molecule has 0 atom stereocenters. The van der Waals surface area contributed by atoms with Gasteiger partial charge in [-0.1, -0.05) is 51.6 Å². The second-order valence-corrected chi connectivity index (χ2v) is 4.35. The first kappa shape index (κ1) is 10.2. The summed E-state index contributed by atoms with van der Waals surface area (Å²) in [5, 5.41) is 0. The molecule has 0 aromatic rings. The van der Waals surface area contributed by atoms with Crippen molar-refractivity contribution in [1.29, 1.82) is 0 Å². The lowest BCUT2D eigenvalue weighted by molar-refractivity contribution is -0.138. The summed E-state index contributed by atoms with van der Waals surface area (Å²) in [6.45, 7) is -1.33. The minimum absolute atomic E-state index is 0.185. The predicted molar refractivity (Wildman–Crippen MR) is 79.2 cm³/mol. The minimum atomic E-state index is -0.930. The lowest BCUT2D eigenvalue weighted by atomic mass is 10.1. The predicted octanol–water partition coefficient (Wildman–Crippen LogP) is 3.57. The molecule has 0 radical (unpaired) electrons. The maximum absolute atomic E-state index is 11.2. The number of hydrogen-bond acceptors (Lipinski definition) is 4. The van der Waals surface area contributed by atoms with E-state index in [0.717, 1.165) is 38.5 Å². The van der Waals surface area contributed by atoms with Crippen LogP contribution in [0, 0.1) is 0 Å². The molecule has 4 heteroatoms. The van der Waals surface area contributed by atoms with Crippen LogP contribution in [0.15, 0.2) is 25.2 Å². The Kier molecular flexibility index (Phi) is 7.05. The van der Waals surface area contributed by atoms with Crippen LogP contribution in [0.25, 0.3) is 0 Å². The quantitative estimate of drug-likeness (QED) is 0.295. The average molecular weight is 288 g/mol. The van der Waals surface area contributed by atoms with Gasteiger partial charge < -0.3 is 9.47 Å². The third kappa shape index (κ3) is 12.9. The van der Waals surface area contributed by atoms with Crippen molar-refractivity contribution in [1.82, 2.24) is 0 Å². The van der Waals surface area contributed by atoms with Crippen molar-refractivity contribution in [3.8, 4) is 0 Å². The van der Waals surface area contributed by atoms with Gasteiger partial charge in [0.25, 0.3) is 0 Å². The van der Waals surface area contributed by atoms with Crippen molar-refractivity contribution in [3.05, 3.63) is 25.2 Å². The number of esters is 2. The van der Waals surface area contributed by atoms with Gasteiger partial charge in [-0.15, -0.1) is 0 Å². The van der Waals surface area contributed by atoms with Crippen LogP contribution in [-0.2, 0) is 19.1 Å². The molecule has 0 aromatic carbocycles. The Morgan fingerprint density at radius 1 is 0.800 bits per heavy atom. The number of carbonyl (C=O) groups excluding carboxylic acids is 2. The van der Waals surface area contributed by atoms with Crippen LogP contribution < -0.4 is 0 Å². The normalized spacial score (nSPS) is 13.6. The van der Waals surface area contributed by atoms with E-state index < -0.39 is 37.1 Å². The number of rotatable bonds is 13. The van der Waals surface area contributed by atoms with Gasteiger partial charge in [0, 0.05) is 12.1 Å². The van der Waals surface area contributed by atoms with Crippen molar-refractivity contribution < 1.29 is 27.3 Å². The number of ether oxygens (including phenoxy) is 2. The lowest BCUT2D eigenvalue weighted by Crippen LogP contribution is -2.01. The molecule has 0 N–H and O–H groups in total. The fraction of sp³-hybridized carbons (Fsp3) is 0.625. The number of hydrogen-bond donors (Lipinski definition) is 0. The highest BCUT2D eigenvalue weighted by Crippen LogP contribution is 2.08. The van der Waals surface area contributed by atoms with Crippen molar-refractivity contribution in [2.75, 3.05) is 13.2 Å². The Balaban J connectivity index is 3.45. The summed E-state index contributed by atoms with van der Waals surface area (Å²) in [7, 11) is 0. The van der Waals surface area contributed by atoms with Crippen LogP contribution in [-0.4, -0.2) is 25.2 Å². The van der Waals surface area contributed by atoms with Crippen LogP contribution >= 0.6 is 0 Å². The molecule has 0 aliphatic carbocycles. The topological polar surface area (TPSA) is 52.6 Å². The Morgan fingerprint density at radius 2 is 1.15 bits per heavy atom. The van der Waals surface area contributed by atoms with Gasteiger partial charge in [-0.3, -0.25) is 0 Å². The van der Waals surface area contributed by atoms with Gasteiger partial charge in [-0.2, -0.15) is 0 Å². The third-order valence-electron chi connectivity index (χ3n) is 2.71. The summed E-state index contributed by atoms with van der Waals surface area (Å²) in [4.78, 5) is 22.4. The first-order valence-corrected chi connectivity index (χ1v) is 6.89. The van der Waals surface area contributed by atoms with E-state index in [4.69, 9.17) is 17.7 Å². The second-order valence-electron chi connectivity index (χ2n) is 4.35. The molecule has 0 aliphatic rings. The Hall–Kier alpha value is -1.58. The third-order valence-corrected chi connectivity index (χ3v) is 2.71. The molecular weight excluding hydrogens is 256 g/mol. The summed E-state index contributed by atoms with van der Waals surface area (Å²) in [5.74, 6) is -1.86. The van der Waals surface area contributed by atoms with Crippen LogP contribution in [0.4, 0.5) is 0 Å². The summed E-state index contributed by atoms with van der Waals surface area (Å²) in [6.07, 6.45) is 7.16. The molecule has 0 fully saturated rings. The number of carbonyl (C=O) groups is 2. The van der Waals surface area contributed by atoms with Gasteiger partial charge in [0.15, 0.2) is 0 Å². The highest BCUT2D eigenvalue weighted by Gasteiger charge is 1.97. The SMILES string of the molecule is [2H]C([2H])=C([2H])C(=O)OCCCCCCCCCCOC(=O)C([2H])=C([2H])[2H]. The molecule has 0 spiro atoms. The molecule has 0 saturated heterocycles. The Morgan fingerprint density at radius 3 is 1.50 bits per heavy atom.